The van der Waals surface area contributed by atoms with Crippen molar-refractivity contribution in [3.8, 4) is 0 Å². The van der Waals surface area contributed by atoms with Crippen molar-refractivity contribution in [1.82, 2.24) is 4.98 Å². The van der Waals surface area contributed by atoms with E-state index in [0.29, 0.717) is 0 Å². The molecule has 0 aromatic carbocycles. The molecule has 0 spiro atoms. The summed E-state index contributed by atoms with van der Waals surface area (Å²) in [5.74, 6) is 0. The Morgan fingerprint density at radius 1 is 1.60 bits per heavy atom. The lowest BCUT2D eigenvalue weighted by molar-refractivity contribution is 0.567. The Labute approximate surface area is 60.4 Å². The van der Waals surface area contributed by atoms with Crippen molar-refractivity contribution in [2.75, 3.05) is 0 Å². The predicted molar refractivity (Wildman–Crippen MR) is 40.7 cm³/mol. The molecule has 2 nitrogen and oxygen atoms in total. The second kappa shape index (κ2) is 2.13. The van der Waals surface area contributed by atoms with Gasteiger partial charge in [-0.05, 0) is 30.9 Å². The molecule has 1 aliphatic carbocycles. The molecule has 2 heteroatoms. The molecular weight excluding hydrogens is 124 g/mol. The molecule has 0 saturated heterocycles. The van der Waals surface area contributed by atoms with Crippen LogP contribution in [-0.4, -0.2) is 4.98 Å². The van der Waals surface area contributed by atoms with Crippen molar-refractivity contribution in [2.45, 2.75) is 25.3 Å². The summed E-state index contributed by atoms with van der Waals surface area (Å²) in [6, 6.07) is 2.38. The van der Waals surface area contributed by atoms with E-state index < -0.39 is 0 Å². The second-order valence-corrected chi connectivity index (χ2v) is 2.91. The third kappa shape index (κ3) is 0.762. The molecule has 1 aromatic rings. The summed E-state index contributed by atoms with van der Waals surface area (Å²) in [6.07, 6.45) is 5.53. The fraction of sp³-hybridized carbons (Fsp3) is 0.500. The van der Waals surface area contributed by atoms with Crippen molar-refractivity contribution in [2.24, 2.45) is 5.73 Å². The Morgan fingerprint density at radius 2 is 2.50 bits per heavy atom. The smallest absolute Gasteiger partial charge is 0.0312 e. The SMILES string of the molecule is N[C@H]1CCCc2[nH]ccc21. The molecule has 3 N–H and O–H groups in total. The zero-order valence-electron chi connectivity index (χ0n) is 5.93. The lowest BCUT2D eigenvalue weighted by atomic mass is 9.94. The van der Waals surface area contributed by atoms with E-state index in [1.54, 1.807) is 0 Å². The molecule has 0 unspecified atom stereocenters. The van der Waals surface area contributed by atoms with E-state index in [2.05, 4.69) is 11.1 Å². The summed E-state index contributed by atoms with van der Waals surface area (Å²) in [7, 11) is 0. The highest BCUT2D eigenvalue weighted by molar-refractivity contribution is 5.26. The molecule has 1 atom stereocenters. The summed E-state index contributed by atoms with van der Waals surface area (Å²) in [6.45, 7) is 0. The number of fused-ring (bicyclic) bond motifs is 1. The van der Waals surface area contributed by atoms with Gasteiger partial charge in [0.1, 0.15) is 0 Å². The van der Waals surface area contributed by atoms with Gasteiger partial charge in [-0.25, -0.2) is 0 Å². The molecular formula is C8H12N2. The summed E-state index contributed by atoms with van der Waals surface area (Å²) in [4.78, 5) is 3.21. The average molecular weight is 136 g/mol. The van der Waals surface area contributed by atoms with E-state index in [0.717, 1.165) is 6.42 Å². The van der Waals surface area contributed by atoms with E-state index in [4.69, 9.17) is 5.73 Å². The van der Waals surface area contributed by atoms with Gasteiger partial charge in [0.2, 0.25) is 0 Å². The first-order valence-corrected chi connectivity index (χ1v) is 3.79. The monoisotopic (exact) mass is 136 g/mol. The molecule has 0 aliphatic heterocycles. The van der Waals surface area contributed by atoms with Crippen LogP contribution in [0.1, 0.15) is 30.1 Å². The molecule has 0 radical (unpaired) electrons. The van der Waals surface area contributed by atoms with Gasteiger partial charge in [0.15, 0.2) is 0 Å². The van der Waals surface area contributed by atoms with Gasteiger partial charge in [-0.3, -0.25) is 0 Å². The van der Waals surface area contributed by atoms with Crippen LogP contribution < -0.4 is 5.73 Å². The zero-order valence-corrected chi connectivity index (χ0v) is 5.93. The molecule has 0 bridgehead atoms. The van der Waals surface area contributed by atoms with Crippen LogP contribution in [0.3, 0.4) is 0 Å². The standard InChI is InChI=1S/C8H12N2/c9-7-2-1-3-8-6(7)4-5-10-8/h4-5,7,10H,1-3,9H2/t7-/m0/s1. The van der Waals surface area contributed by atoms with Crippen LogP contribution in [-0.2, 0) is 6.42 Å². The lowest BCUT2D eigenvalue weighted by Crippen LogP contribution is -2.15. The number of H-pyrrole nitrogens is 1. The Balaban J connectivity index is 2.41. The number of aromatic amines is 1. The van der Waals surface area contributed by atoms with Crippen molar-refractivity contribution in [3.05, 3.63) is 23.5 Å². The summed E-state index contributed by atoms with van der Waals surface area (Å²) in [5.41, 5.74) is 8.54. The molecule has 1 heterocycles. The summed E-state index contributed by atoms with van der Waals surface area (Å²) in [5, 5.41) is 0. The first-order valence-electron chi connectivity index (χ1n) is 3.79. The Hall–Kier alpha value is -0.760. The maximum atomic E-state index is 5.87. The van der Waals surface area contributed by atoms with Crippen LogP contribution >= 0.6 is 0 Å². The predicted octanol–water partition coefficient (Wildman–Crippen LogP) is 1.35. The van der Waals surface area contributed by atoms with Crippen LogP contribution in [0.4, 0.5) is 0 Å². The summed E-state index contributed by atoms with van der Waals surface area (Å²) >= 11 is 0. The quantitative estimate of drug-likeness (QED) is 0.555. The number of aryl methyl sites for hydroxylation is 1. The molecule has 10 heavy (non-hydrogen) atoms. The molecule has 0 amide bonds. The minimum Gasteiger partial charge on any atom is -0.365 e. The van der Waals surface area contributed by atoms with Crippen LogP contribution in [0.15, 0.2) is 12.3 Å². The van der Waals surface area contributed by atoms with Gasteiger partial charge in [0, 0.05) is 17.9 Å². The minimum atomic E-state index is 0.287. The topological polar surface area (TPSA) is 41.8 Å². The van der Waals surface area contributed by atoms with Crippen LogP contribution in [0, 0.1) is 0 Å². The number of aromatic nitrogens is 1. The molecule has 0 fully saturated rings. The Kier molecular flexibility index (Phi) is 1.27. The maximum Gasteiger partial charge on any atom is 0.0312 e. The first kappa shape index (κ1) is 5.98. The van der Waals surface area contributed by atoms with Gasteiger partial charge in [-0.15, -0.1) is 0 Å². The highest BCUT2D eigenvalue weighted by Gasteiger charge is 2.16. The van der Waals surface area contributed by atoms with E-state index in [9.17, 15) is 0 Å². The van der Waals surface area contributed by atoms with E-state index in [1.807, 2.05) is 6.20 Å². The molecule has 54 valence electrons. The van der Waals surface area contributed by atoms with Gasteiger partial charge >= 0.3 is 0 Å². The molecule has 1 aromatic heterocycles. The van der Waals surface area contributed by atoms with Crippen molar-refractivity contribution >= 4 is 0 Å². The van der Waals surface area contributed by atoms with E-state index in [-0.39, 0.29) is 6.04 Å². The van der Waals surface area contributed by atoms with E-state index >= 15 is 0 Å². The number of nitrogens with one attached hydrogen (secondary N) is 1. The number of rotatable bonds is 0. The fourth-order valence-corrected chi connectivity index (χ4v) is 1.63. The molecule has 1 aliphatic rings. The number of nitrogens with two attached hydrogens (primary N) is 1. The highest BCUT2D eigenvalue weighted by Crippen LogP contribution is 2.26. The normalized spacial score (nSPS) is 24.3. The van der Waals surface area contributed by atoms with Gasteiger partial charge in [-0.2, -0.15) is 0 Å². The van der Waals surface area contributed by atoms with E-state index in [1.165, 1.54) is 24.1 Å². The third-order valence-electron chi connectivity index (χ3n) is 2.21. The molecule has 2 rings (SSSR count). The number of hydrogen-bond acceptors (Lipinski definition) is 1. The Bertz CT molecular complexity index is 227. The van der Waals surface area contributed by atoms with Gasteiger partial charge < -0.3 is 10.7 Å². The number of hydrogen-bond donors (Lipinski definition) is 2. The van der Waals surface area contributed by atoms with Crippen molar-refractivity contribution in [1.29, 1.82) is 0 Å². The maximum absolute atomic E-state index is 5.87. The van der Waals surface area contributed by atoms with Gasteiger partial charge in [0.25, 0.3) is 0 Å². The lowest BCUT2D eigenvalue weighted by Gasteiger charge is -2.17. The largest absolute Gasteiger partial charge is 0.365 e. The van der Waals surface area contributed by atoms with Gasteiger partial charge in [0.05, 0.1) is 0 Å². The third-order valence-corrected chi connectivity index (χ3v) is 2.21. The van der Waals surface area contributed by atoms with Crippen LogP contribution in [0.5, 0.6) is 0 Å². The second-order valence-electron chi connectivity index (χ2n) is 2.91. The highest BCUT2D eigenvalue weighted by atomic mass is 14.7. The van der Waals surface area contributed by atoms with Crippen LogP contribution in [0.25, 0.3) is 0 Å². The average Bonchev–Trinajstić information content (AvgIpc) is 2.36. The van der Waals surface area contributed by atoms with Crippen molar-refractivity contribution in [3.63, 3.8) is 0 Å². The minimum absolute atomic E-state index is 0.287. The van der Waals surface area contributed by atoms with Crippen LogP contribution in [0.2, 0.25) is 0 Å². The fourth-order valence-electron chi connectivity index (χ4n) is 1.63. The zero-order chi connectivity index (χ0) is 6.97. The summed E-state index contributed by atoms with van der Waals surface area (Å²) < 4.78 is 0. The first-order chi connectivity index (χ1) is 4.88. The van der Waals surface area contributed by atoms with Gasteiger partial charge in [-0.1, -0.05) is 0 Å². The molecule has 0 saturated carbocycles. The Morgan fingerprint density at radius 3 is 3.30 bits per heavy atom. The van der Waals surface area contributed by atoms with Crippen molar-refractivity contribution < 1.29 is 0 Å².